The lowest BCUT2D eigenvalue weighted by Gasteiger charge is -2.26. The Morgan fingerprint density at radius 3 is 2.55 bits per heavy atom. The first-order valence-electron chi connectivity index (χ1n) is 15.3. The van der Waals surface area contributed by atoms with Crippen LogP contribution in [0.4, 0.5) is 23.2 Å². The van der Waals surface area contributed by atoms with Crippen LogP contribution in [0, 0.1) is 5.82 Å². The first kappa shape index (κ1) is 32.0. The van der Waals surface area contributed by atoms with Gasteiger partial charge in [-0.25, -0.2) is 14.4 Å². The monoisotopic (exact) mass is 648 g/mol. The number of piperidine rings is 1. The van der Waals surface area contributed by atoms with E-state index >= 15 is 0 Å². The second kappa shape index (κ2) is 13.8. The first-order chi connectivity index (χ1) is 22.7. The Hall–Kier alpha value is -4.97. The third kappa shape index (κ3) is 7.38. The van der Waals surface area contributed by atoms with Crippen molar-refractivity contribution in [1.29, 1.82) is 0 Å². The average molecular weight is 649 g/mol. The van der Waals surface area contributed by atoms with Gasteiger partial charge in [0.05, 0.1) is 35.9 Å². The number of fused-ring (bicyclic) bond motifs is 2. The first-order valence-corrected chi connectivity index (χ1v) is 15.3. The summed E-state index contributed by atoms with van der Waals surface area (Å²) >= 11 is 0. The number of amides is 1. The number of anilines is 1. The van der Waals surface area contributed by atoms with Crippen molar-refractivity contribution in [2.45, 2.75) is 31.9 Å². The Balaban J connectivity index is 1.19. The van der Waals surface area contributed by atoms with Crippen LogP contribution in [-0.2, 0) is 6.18 Å². The van der Waals surface area contributed by atoms with Gasteiger partial charge in [-0.15, -0.1) is 0 Å². The third-order valence-corrected chi connectivity index (χ3v) is 8.06. The highest BCUT2D eigenvalue weighted by atomic mass is 19.4. The Bertz CT molecular complexity index is 1910. The number of nitrogens with one attached hydrogen (secondary N) is 1. The largest absolute Gasteiger partial charge is 0.493 e. The van der Waals surface area contributed by atoms with Crippen LogP contribution in [0.2, 0.25) is 0 Å². The number of nitrogens with zero attached hydrogens (tertiary/aromatic N) is 3. The second-order valence-corrected chi connectivity index (χ2v) is 11.2. The minimum absolute atomic E-state index is 0.145. The molecule has 0 unspecified atom stereocenters. The summed E-state index contributed by atoms with van der Waals surface area (Å²) in [5.74, 6) is 0.0314. The van der Waals surface area contributed by atoms with Crippen LogP contribution in [0.3, 0.4) is 0 Å². The number of alkyl halides is 3. The standard InChI is InChI=1S/C35H32F4N4O4/c1-45-31-19-27-29(20-32(31)46-16-6-15-43-13-3-2-4-14-43)40-21-41-34(27)47-24-10-11-25-22(17-24)7-5-8-26(25)33(44)42-30-18-23(35(37,38)39)9-12-28(30)36/h5,7-12,17-21H,2-4,6,13-16H2,1H3,(H,42,44). The van der Waals surface area contributed by atoms with Gasteiger partial charge >= 0.3 is 6.18 Å². The van der Waals surface area contributed by atoms with E-state index in [1.54, 1.807) is 49.6 Å². The molecule has 1 aliphatic heterocycles. The van der Waals surface area contributed by atoms with E-state index in [1.807, 2.05) is 0 Å². The highest BCUT2D eigenvalue weighted by molar-refractivity contribution is 6.13. The molecule has 47 heavy (non-hydrogen) atoms. The van der Waals surface area contributed by atoms with Gasteiger partial charge in [0.2, 0.25) is 5.88 Å². The van der Waals surface area contributed by atoms with E-state index in [1.165, 1.54) is 31.7 Å². The lowest BCUT2D eigenvalue weighted by atomic mass is 10.0. The number of ether oxygens (including phenoxy) is 3. The van der Waals surface area contributed by atoms with Crippen molar-refractivity contribution in [2.24, 2.45) is 0 Å². The van der Waals surface area contributed by atoms with E-state index in [-0.39, 0.29) is 11.4 Å². The second-order valence-electron chi connectivity index (χ2n) is 11.2. The summed E-state index contributed by atoms with van der Waals surface area (Å²) in [4.78, 5) is 24.3. The molecule has 1 fully saturated rings. The summed E-state index contributed by atoms with van der Waals surface area (Å²) in [6.07, 6.45) is 1.39. The molecule has 1 amide bonds. The fourth-order valence-electron chi connectivity index (χ4n) is 5.67. The molecule has 8 nitrogen and oxygen atoms in total. The highest BCUT2D eigenvalue weighted by Crippen LogP contribution is 2.37. The molecular formula is C35H32F4N4O4. The minimum Gasteiger partial charge on any atom is -0.493 e. The molecule has 1 N–H and O–H groups in total. The predicted molar refractivity (Wildman–Crippen MR) is 170 cm³/mol. The SMILES string of the molecule is COc1cc2c(Oc3ccc4c(C(=O)Nc5cc(C(F)(F)F)ccc5F)cccc4c3)ncnc2cc1OCCCN1CCCCC1. The summed E-state index contributed by atoms with van der Waals surface area (Å²) in [5, 5.41) is 3.96. The molecule has 5 aromatic rings. The van der Waals surface area contributed by atoms with E-state index in [4.69, 9.17) is 14.2 Å². The molecular weight excluding hydrogens is 616 g/mol. The van der Waals surface area contributed by atoms with Gasteiger partial charge < -0.3 is 24.4 Å². The van der Waals surface area contributed by atoms with Crippen molar-refractivity contribution in [3.8, 4) is 23.1 Å². The van der Waals surface area contributed by atoms with Gasteiger partial charge in [0.15, 0.2) is 11.5 Å². The number of aromatic nitrogens is 2. The third-order valence-electron chi connectivity index (χ3n) is 8.06. The lowest BCUT2D eigenvalue weighted by Crippen LogP contribution is -2.31. The molecule has 12 heteroatoms. The molecule has 244 valence electrons. The topological polar surface area (TPSA) is 85.8 Å². The van der Waals surface area contributed by atoms with Crippen molar-refractivity contribution in [1.82, 2.24) is 14.9 Å². The van der Waals surface area contributed by atoms with Crippen molar-refractivity contribution >= 4 is 33.3 Å². The van der Waals surface area contributed by atoms with E-state index in [0.717, 1.165) is 26.1 Å². The van der Waals surface area contributed by atoms with Crippen LogP contribution in [-0.4, -0.2) is 54.1 Å². The molecule has 0 radical (unpaired) electrons. The smallest absolute Gasteiger partial charge is 0.416 e. The van der Waals surface area contributed by atoms with Gasteiger partial charge in [-0.1, -0.05) is 18.6 Å². The van der Waals surface area contributed by atoms with Gasteiger partial charge in [-0.05, 0) is 91.7 Å². The summed E-state index contributed by atoms with van der Waals surface area (Å²) in [6.45, 7) is 3.80. The van der Waals surface area contributed by atoms with Crippen LogP contribution >= 0.6 is 0 Å². The number of benzene rings is 4. The molecule has 0 bridgehead atoms. The van der Waals surface area contributed by atoms with Crippen molar-refractivity contribution in [3.05, 3.63) is 90.0 Å². The Morgan fingerprint density at radius 1 is 0.936 bits per heavy atom. The number of carbonyl (C=O) groups is 1. The fourth-order valence-corrected chi connectivity index (χ4v) is 5.67. The van der Waals surface area contributed by atoms with Crippen molar-refractivity contribution in [2.75, 3.05) is 38.7 Å². The summed E-state index contributed by atoms with van der Waals surface area (Å²) in [5.41, 5.74) is -0.899. The van der Waals surface area contributed by atoms with Gasteiger partial charge in [-0.3, -0.25) is 4.79 Å². The van der Waals surface area contributed by atoms with Crippen LogP contribution in [0.25, 0.3) is 21.7 Å². The molecule has 0 spiro atoms. The summed E-state index contributed by atoms with van der Waals surface area (Å²) in [7, 11) is 1.56. The number of rotatable bonds is 10. The van der Waals surface area contributed by atoms with E-state index in [0.29, 0.717) is 63.7 Å². The van der Waals surface area contributed by atoms with Crippen LogP contribution < -0.4 is 19.5 Å². The van der Waals surface area contributed by atoms with Gasteiger partial charge in [0.1, 0.15) is 17.9 Å². The minimum atomic E-state index is -4.69. The van der Waals surface area contributed by atoms with Crippen LogP contribution in [0.1, 0.15) is 41.6 Å². The molecule has 0 aliphatic carbocycles. The van der Waals surface area contributed by atoms with Gasteiger partial charge in [0.25, 0.3) is 5.91 Å². The number of hydrogen-bond acceptors (Lipinski definition) is 7. The maximum Gasteiger partial charge on any atom is 0.416 e. The number of methoxy groups -OCH3 is 1. The maximum absolute atomic E-state index is 14.3. The molecule has 1 aromatic heterocycles. The highest BCUT2D eigenvalue weighted by Gasteiger charge is 2.31. The summed E-state index contributed by atoms with van der Waals surface area (Å²) < 4.78 is 71.6. The Labute approximate surface area is 268 Å². The zero-order chi connectivity index (χ0) is 33.0. The van der Waals surface area contributed by atoms with Crippen LogP contribution in [0.15, 0.2) is 73.1 Å². The molecule has 2 heterocycles. The average Bonchev–Trinajstić information content (AvgIpc) is 3.07. The lowest BCUT2D eigenvalue weighted by molar-refractivity contribution is -0.137. The molecule has 0 saturated carbocycles. The van der Waals surface area contributed by atoms with Gasteiger partial charge in [-0.2, -0.15) is 13.2 Å². The van der Waals surface area contributed by atoms with Crippen molar-refractivity contribution in [3.63, 3.8) is 0 Å². The molecule has 0 atom stereocenters. The number of likely N-dealkylation sites (tertiary alicyclic amines) is 1. The normalized spacial score (nSPS) is 13.9. The number of halogens is 4. The van der Waals surface area contributed by atoms with Gasteiger partial charge in [0, 0.05) is 18.2 Å². The quantitative estimate of drug-likeness (QED) is 0.121. The van der Waals surface area contributed by atoms with Crippen LogP contribution in [0.5, 0.6) is 23.1 Å². The van der Waals surface area contributed by atoms with Crippen molar-refractivity contribution < 1.29 is 36.6 Å². The number of carbonyl (C=O) groups excluding carboxylic acids is 1. The molecule has 1 aliphatic rings. The van der Waals surface area contributed by atoms with E-state index in [2.05, 4.69) is 20.2 Å². The van der Waals surface area contributed by atoms with E-state index < -0.39 is 29.2 Å². The fraction of sp³-hybridized carbons (Fsp3) is 0.286. The molecule has 1 saturated heterocycles. The Morgan fingerprint density at radius 2 is 1.77 bits per heavy atom. The number of hydrogen-bond donors (Lipinski definition) is 1. The zero-order valence-electron chi connectivity index (χ0n) is 25.6. The molecule has 6 rings (SSSR count). The zero-order valence-corrected chi connectivity index (χ0v) is 25.6. The van der Waals surface area contributed by atoms with E-state index in [9.17, 15) is 22.4 Å². The maximum atomic E-state index is 14.3. The molecule has 4 aromatic carbocycles. The Kier molecular flexibility index (Phi) is 9.39. The summed E-state index contributed by atoms with van der Waals surface area (Å²) in [6, 6.07) is 15.2. The predicted octanol–water partition coefficient (Wildman–Crippen LogP) is 8.25.